The van der Waals surface area contributed by atoms with Crippen LogP contribution in [-0.2, 0) is 19.6 Å². The van der Waals surface area contributed by atoms with Crippen LogP contribution < -0.4 is 9.47 Å². The quantitative estimate of drug-likeness (QED) is 0.449. The first kappa shape index (κ1) is 23.2. The number of para-hydroxylation sites is 1. The molecule has 1 aliphatic rings. The minimum absolute atomic E-state index is 0.141. The van der Waals surface area contributed by atoms with E-state index in [-0.39, 0.29) is 11.7 Å². The van der Waals surface area contributed by atoms with Crippen molar-refractivity contribution in [3.05, 3.63) is 78.1 Å². The third-order valence-electron chi connectivity index (χ3n) is 7.19. The molecule has 5 heteroatoms. The zero-order valence-corrected chi connectivity index (χ0v) is 21.7. The summed E-state index contributed by atoms with van der Waals surface area (Å²) in [5, 5.41) is 0. The van der Waals surface area contributed by atoms with E-state index in [1.807, 2.05) is 0 Å². The first-order valence-corrected chi connectivity index (χ1v) is 12.1. The van der Waals surface area contributed by atoms with E-state index in [0.717, 1.165) is 0 Å². The normalized spacial score (nSPS) is 16.6. The molecule has 1 atom stereocenters. The summed E-state index contributed by atoms with van der Waals surface area (Å²) in [5.41, 5.74) is 5.25. The Bertz CT molecular complexity index is 1130. The van der Waals surface area contributed by atoms with E-state index >= 15 is 0 Å². The second kappa shape index (κ2) is 8.44. The molecule has 0 amide bonds. The Morgan fingerprint density at radius 2 is 1.55 bits per heavy atom. The largest absolute Gasteiger partial charge is 0.370 e. The second-order valence-electron chi connectivity index (χ2n) is 10.5. The summed E-state index contributed by atoms with van der Waals surface area (Å²) in [7, 11) is 4.27. The van der Waals surface area contributed by atoms with Gasteiger partial charge in [0.2, 0.25) is 0 Å². The van der Waals surface area contributed by atoms with Gasteiger partial charge in [-0.3, -0.25) is 0 Å². The third kappa shape index (κ3) is 3.77. The molecule has 0 N–H and O–H groups in total. The molecule has 0 bridgehead atoms. The molecule has 1 aliphatic heterocycles. The predicted molar refractivity (Wildman–Crippen MR) is 136 cm³/mol. The molecule has 5 nitrogen and oxygen atoms in total. The van der Waals surface area contributed by atoms with Crippen LogP contribution in [0.3, 0.4) is 0 Å². The van der Waals surface area contributed by atoms with Gasteiger partial charge in [-0.2, -0.15) is 0 Å². The van der Waals surface area contributed by atoms with Crippen LogP contribution in [0.15, 0.2) is 61.3 Å². The monoisotopic (exact) mass is 446 g/mol. The second-order valence-corrected chi connectivity index (χ2v) is 10.5. The highest BCUT2D eigenvalue weighted by atomic mass is 15.5. The predicted octanol–water partition coefficient (Wildman–Crippen LogP) is 5.76. The highest BCUT2D eigenvalue weighted by Crippen LogP contribution is 2.38. The van der Waals surface area contributed by atoms with Crippen LogP contribution in [0.1, 0.15) is 77.1 Å². The molecule has 4 rings (SSSR count). The average molecular weight is 447 g/mol. The fourth-order valence-corrected chi connectivity index (χ4v) is 5.38. The van der Waals surface area contributed by atoms with Crippen LogP contribution in [0.5, 0.6) is 0 Å². The number of hydrogen-bond donors (Lipinski definition) is 0. The lowest BCUT2D eigenvalue weighted by molar-refractivity contribution is -0.657. The van der Waals surface area contributed by atoms with Gasteiger partial charge in [-0.1, -0.05) is 45.9 Å². The van der Waals surface area contributed by atoms with E-state index < -0.39 is 0 Å². The van der Waals surface area contributed by atoms with E-state index in [1.54, 1.807) is 0 Å². The lowest BCUT2D eigenvalue weighted by atomic mass is 9.92. The Balaban J connectivity index is 1.80. The molecule has 1 aromatic carbocycles. The summed E-state index contributed by atoms with van der Waals surface area (Å²) in [6.45, 7) is 16.0. The number of aryl methyl sites for hydroxylation is 2. The van der Waals surface area contributed by atoms with Crippen LogP contribution in [0, 0.1) is 0 Å². The Morgan fingerprint density at radius 3 is 2.09 bits per heavy atom. The number of rotatable bonds is 6. The minimum atomic E-state index is -0.141. The van der Waals surface area contributed by atoms with E-state index in [2.05, 4.69) is 147 Å². The zero-order chi connectivity index (χ0) is 24.1. The molecule has 3 aromatic rings. The topological polar surface area (TPSA) is 20.2 Å². The minimum Gasteiger partial charge on any atom is -0.352 e. The molecule has 0 aliphatic carbocycles. The number of imidazole rings is 1. The van der Waals surface area contributed by atoms with Gasteiger partial charge >= 0.3 is 5.95 Å². The maximum absolute atomic E-state index is 2.46. The Kier molecular flexibility index (Phi) is 5.94. The fourth-order valence-electron chi connectivity index (χ4n) is 5.38. The van der Waals surface area contributed by atoms with Crippen LogP contribution in [0.25, 0.3) is 5.69 Å². The number of aromatic nitrogens is 3. The van der Waals surface area contributed by atoms with E-state index in [1.165, 1.54) is 28.5 Å². The number of hydrogen-bond acceptors (Lipinski definition) is 2. The first-order chi connectivity index (χ1) is 15.6. The Morgan fingerprint density at radius 1 is 0.909 bits per heavy atom. The average Bonchev–Trinajstić information content (AvgIpc) is 3.45. The molecule has 0 unspecified atom stereocenters. The van der Waals surface area contributed by atoms with Crippen LogP contribution >= 0.6 is 0 Å². The number of anilines is 1. The van der Waals surface area contributed by atoms with Gasteiger partial charge in [0.25, 0.3) is 0 Å². The third-order valence-corrected chi connectivity index (χ3v) is 7.19. The summed E-state index contributed by atoms with van der Waals surface area (Å²) >= 11 is 0. The highest BCUT2D eigenvalue weighted by Gasteiger charge is 2.42. The van der Waals surface area contributed by atoms with E-state index in [0.29, 0.717) is 11.8 Å². The summed E-state index contributed by atoms with van der Waals surface area (Å²) < 4.78 is 6.85. The summed E-state index contributed by atoms with van der Waals surface area (Å²) in [4.78, 5) is 4.85. The van der Waals surface area contributed by atoms with E-state index in [9.17, 15) is 0 Å². The van der Waals surface area contributed by atoms with Crippen molar-refractivity contribution in [2.24, 2.45) is 14.1 Å². The van der Waals surface area contributed by atoms with Crippen molar-refractivity contribution in [2.75, 3.05) is 4.90 Å². The number of benzene rings is 1. The van der Waals surface area contributed by atoms with Crippen molar-refractivity contribution < 1.29 is 4.57 Å². The molecular weight excluding hydrogens is 406 g/mol. The van der Waals surface area contributed by atoms with Gasteiger partial charge in [-0.25, -0.2) is 14.0 Å². The van der Waals surface area contributed by atoms with Crippen molar-refractivity contribution in [3.63, 3.8) is 0 Å². The zero-order valence-electron chi connectivity index (χ0n) is 21.7. The van der Waals surface area contributed by atoms with Gasteiger partial charge in [0.1, 0.15) is 11.9 Å². The molecular formula is C28H40N5+. The molecule has 176 valence electrons. The Hall–Kier alpha value is -2.95. The standard InChI is InChI=1S/C28H40N5/c1-20(2)23-12-10-13-24(21(3)4)26(23)32-17-16-30(9)27(32)31-18-19-33(22(31)5)28(6,7)25-14-11-15-29(25)8/h10-22H,1-9H3/q+1/t22-/m1/s1. The molecule has 0 radical (unpaired) electrons. The van der Waals surface area contributed by atoms with Crippen LogP contribution in [0.4, 0.5) is 5.95 Å². The highest BCUT2D eigenvalue weighted by molar-refractivity contribution is 5.55. The summed E-state index contributed by atoms with van der Waals surface area (Å²) in [6.07, 6.45) is 11.2. The number of nitrogens with zero attached hydrogens (tertiary/aromatic N) is 5. The van der Waals surface area contributed by atoms with Gasteiger partial charge in [0, 0.05) is 25.1 Å². The molecule has 33 heavy (non-hydrogen) atoms. The lowest BCUT2D eigenvalue weighted by Gasteiger charge is -2.39. The van der Waals surface area contributed by atoms with Gasteiger partial charge < -0.3 is 9.47 Å². The van der Waals surface area contributed by atoms with Crippen molar-refractivity contribution in [1.29, 1.82) is 0 Å². The smallest absolute Gasteiger partial charge is 0.352 e. The van der Waals surface area contributed by atoms with Gasteiger partial charge in [0.15, 0.2) is 6.17 Å². The first-order valence-electron chi connectivity index (χ1n) is 12.1. The molecule has 2 aromatic heterocycles. The molecule has 0 spiro atoms. The summed E-state index contributed by atoms with van der Waals surface area (Å²) in [6, 6.07) is 11.1. The molecule has 0 fully saturated rings. The maximum Gasteiger partial charge on any atom is 0.370 e. The van der Waals surface area contributed by atoms with Gasteiger partial charge in [-0.05, 0) is 55.9 Å². The van der Waals surface area contributed by atoms with Crippen molar-refractivity contribution in [2.45, 2.75) is 72.0 Å². The lowest BCUT2D eigenvalue weighted by Crippen LogP contribution is -2.49. The van der Waals surface area contributed by atoms with Crippen molar-refractivity contribution in [1.82, 2.24) is 14.0 Å². The fraction of sp³-hybridized carbons (Fsp3) is 0.464. The van der Waals surface area contributed by atoms with Gasteiger partial charge in [0.05, 0.1) is 25.0 Å². The van der Waals surface area contributed by atoms with E-state index in [4.69, 9.17) is 0 Å². The SMILES string of the molecule is CC(C)c1cccc(C(C)C)c1-n1cc[n+](C)c1N1C=CN(C(C)(C)c2cccn2C)[C@@H]1C. The van der Waals surface area contributed by atoms with Crippen molar-refractivity contribution in [3.8, 4) is 5.69 Å². The molecule has 3 heterocycles. The van der Waals surface area contributed by atoms with Crippen LogP contribution in [-0.4, -0.2) is 20.2 Å². The maximum atomic E-state index is 2.46. The van der Waals surface area contributed by atoms with Crippen LogP contribution in [0.2, 0.25) is 0 Å². The van der Waals surface area contributed by atoms with Gasteiger partial charge in [-0.15, -0.1) is 0 Å². The molecule has 0 saturated carbocycles. The van der Waals surface area contributed by atoms with Crippen molar-refractivity contribution >= 4 is 5.95 Å². The summed E-state index contributed by atoms with van der Waals surface area (Å²) in [5.74, 6) is 2.05. The Labute approximate surface area is 199 Å². The molecule has 0 saturated heterocycles.